The number of aryl methyl sites for hydroxylation is 2. The zero-order valence-corrected chi connectivity index (χ0v) is 18.8. The molecule has 158 valence electrons. The van der Waals surface area contributed by atoms with E-state index in [1.165, 1.54) is 16.9 Å². The maximum Gasteiger partial charge on any atom is 0.233 e. The lowest BCUT2D eigenvalue weighted by Gasteiger charge is -2.20. The molecule has 2 heterocycles. The van der Waals surface area contributed by atoms with Gasteiger partial charge in [-0.05, 0) is 61.7 Å². The SMILES string of the molecule is CCOc1ccc2nc(N(Cc3cccnc3)C(=O)Cc3ccc(C)cc3C)sc2c1. The highest BCUT2D eigenvalue weighted by Crippen LogP contribution is 2.32. The van der Waals surface area contributed by atoms with Crippen molar-refractivity contribution in [3.05, 3.63) is 83.2 Å². The van der Waals surface area contributed by atoms with Crippen LogP contribution in [0.5, 0.6) is 5.75 Å². The average molecular weight is 432 g/mol. The predicted octanol–water partition coefficient (Wildman–Crippen LogP) is 5.48. The molecule has 0 aliphatic rings. The third kappa shape index (κ3) is 4.91. The molecule has 0 aliphatic carbocycles. The smallest absolute Gasteiger partial charge is 0.233 e. The summed E-state index contributed by atoms with van der Waals surface area (Å²) in [6, 6.07) is 15.9. The molecule has 0 radical (unpaired) electrons. The number of benzene rings is 2. The van der Waals surface area contributed by atoms with Crippen molar-refractivity contribution in [2.75, 3.05) is 11.5 Å². The van der Waals surface area contributed by atoms with Gasteiger partial charge in [0.2, 0.25) is 5.91 Å². The van der Waals surface area contributed by atoms with Crippen LogP contribution >= 0.6 is 11.3 Å². The zero-order valence-electron chi connectivity index (χ0n) is 18.0. The number of aromatic nitrogens is 2. The van der Waals surface area contributed by atoms with E-state index in [9.17, 15) is 4.79 Å². The van der Waals surface area contributed by atoms with Crippen LogP contribution in [0.15, 0.2) is 60.9 Å². The van der Waals surface area contributed by atoms with Gasteiger partial charge in [-0.3, -0.25) is 14.7 Å². The summed E-state index contributed by atoms with van der Waals surface area (Å²) >= 11 is 1.50. The van der Waals surface area contributed by atoms with Gasteiger partial charge in [0, 0.05) is 12.4 Å². The highest BCUT2D eigenvalue weighted by atomic mass is 32.1. The maximum absolute atomic E-state index is 13.4. The molecule has 4 aromatic rings. The van der Waals surface area contributed by atoms with Crippen LogP contribution in [0.25, 0.3) is 10.2 Å². The van der Waals surface area contributed by atoms with Crippen LogP contribution in [0, 0.1) is 13.8 Å². The Morgan fingerprint density at radius 3 is 2.74 bits per heavy atom. The van der Waals surface area contributed by atoms with Crippen LogP contribution in [0.3, 0.4) is 0 Å². The van der Waals surface area contributed by atoms with Gasteiger partial charge in [0.05, 0.1) is 29.8 Å². The van der Waals surface area contributed by atoms with E-state index in [4.69, 9.17) is 9.72 Å². The number of amides is 1. The standard InChI is InChI=1S/C25H25N3O2S/c1-4-30-21-9-10-22-23(14-21)31-25(27-22)28(16-19-6-5-11-26-15-19)24(29)13-20-8-7-17(2)12-18(20)3/h5-12,14-15H,4,13,16H2,1-3H3. The molecule has 0 unspecified atom stereocenters. The number of nitrogens with zero attached hydrogens (tertiary/aromatic N) is 3. The second-order valence-corrected chi connectivity index (χ2v) is 8.52. The van der Waals surface area contributed by atoms with Gasteiger partial charge in [0.25, 0.3) is 0 Å². The molecule has 1 amide bonds. The van der Waals surface area contributed by atoms with E-state index in [0.29, 0.717) is 24.7 Å². The van der Waals surface area contributed by atoms with Gasteiger partial charge < -0.3 is 4.74 Å². The lowest BCUT2D eigenvalue weighted by molar-refractivity contribution is -0.118. The topological polar surface area (TPSA) is 55.3 Å². The molecule has 0 bridgehead atoms. The number of hydrogen-bond acceptors (Lipinski definition) is 5. The van der Waals surface area contributed by atoms with Gasteiger partial charge in [0.15, 0.2) is 5.13 Å². The number of ether oxygens (including phenoxy) is 1. The molecule has 0 fully saturated rings. The van der Waals surface area contributed by atoms with E-state index in [2.05, 4.69) is 18.0 Å². The Labute approximate surface area is 186 Å². The third-order valence-electron chi connectivity index (χ3n) is 5.09. The Kier molecular flexibility index (Phi) is 6.28. The average Bonchev–Trinajstić information content (AvgIpc) is 3.18. The number of fused-ring (bicyclic) bond motifs is 1. The number of carbonyl (C=O) groups excluding carboxylic acids is 1. The summed E-state index contributed by atoms with van der Waals surface area (Å²) in [5, 5.41) is 0.683. The molecular formula is C25H25N3O2S. The van der Waals surface area contributed by atoms with E-state index in [1.54, 1.807) is 17.3 Å². The molecule has 2 aromatic heterocycles. The molecular weight excluding hydrogens is 406 g/mol. The number of hydrogen-bond donors (Lipinski definition) is 0. The maximum atomic E-state index is 13.4. The summed E-state index contributed by atoms with van der Waals surface area (Å²) in [6.45, 7) is 7.11. The predicted molar refractivity (Wildman–Crippen MR) is 126 cm³/mol. The van der Waals surface area contributed by atoms with Gasteiger partial charge in [-0.1, -0.05) is 41.2 Å². The van der Waals surface area contributed by atoms with Gasteiger partial charge in [-0.25, -0.2) is 4.98 Å². The van der Waals surface area contributed by atoms with Crippen molar-refractivity contribution in [2.45, 2.75) is 33.7 Å². The summed E-state index contributed by atoms with van der Waals surface area (Å²) in [5.74, 6) is 0.825. The Morgan fingerprint density at radius 2 is 2.00 bits per heavy atom. The van der Waals surface area contributed by atoms with Gasteiger partial charge in [-0.2, -0.15) is 0 Å². The van der Waals surface area contributed by atoms with E-state index in [1.807, 2.05) is 56.3 Å². The monoisotopic (exact) mass is 431 g/mol. The lowest BCUT2D eigenvalue weighted by atomic mass is 10.0. The van der Waals surface area contributed by atoms with Crippen LogP contribution in [0.4, 0.5) is 5.13 Å². The van der Waals surface area contributed by atoms with Crippen LogP contribution in [-0.4, -0.2) is 22.5 Å². The Hall–Kier alpha value is -3.25. The Morgan fingerprint density at radius 1 is 1.13 bits per heavy atom. The quantitative estimate of drug-likeness (QED) is 0.389. The van der Waals surface area contributed by atoms with Gasteiger partial charge in [-0.15, -0.1) is 0 Å². The second-order valence-electron chi connectivity index (χ2n) is 7.51. The van der Waals surface area contributed by atoms with Crippen LogP contribution in [0.2, 0.25) is 0 Å². The molecule has 4 rings (SSSR count). The fraction of sp³-hybridized carbons (Fsp3) is 0.240. The number of anilines is 1. The lowest BCUT2D eigenvalue weighted by Crippen LogP contribution is -2.32. The van der Waals surface area contributed by atoms with Crippen LogP contribution in [0.1, 0.15) is 29.2 Å². The molecule has 31 heavy (non-hydrogen) atoms. The molecule has 0 saturated carbocycles. The second kappa shape index (κ2) is 9.27. The van der Waals surface area contributed by atoms with Crippen LogP contribution in [-0.2, 0) is 17.8 Å². The molecule has 0 saturated heterocycles. The highest BCUT2D eigenvalue weighted by Gasteiger charge is 2.21. The van der Waals surface area contributed by atoms with E-state index >= 15 is 0 Å². The van der Waals surface area contributed by atoms with Crippen molar-refractivity contribution in [3.63, 3.8) is 0 Å². The van der Waals surface area contributed by atoms with Crippen molar-refractivity contribution in [1.29, 1.82) is 0 Å². The van der Waals surface area contributed by atoms with Gasteiger partial charge in [0.1, 0.15) is 5.75 Å². The molecule has 6 heteroatoms. The summed E-state index contributed by atoms with van der Waals surface area (Å²) in [7, 11) is 0. The van der Waals surface area contributed by atoms with E-state index in [0.717, 1.165) is 32.7 Å². The van der Waals surface area contributed by atoms with Crippen LogP contribution < -0.4 is 9.64 Å². The largest absolute Gasteiger partial charge is 0.494 e. The van der Waals surface area contributed by atoms with E-state index < -0.39 is 0 Å². The van der Waals surface area contributed by atoms with Crippen molar-refractivity contribution in [1.82, 2.24) is 9.97 Å². The van der Waals surface area contributed by atoms with Gasteiger partial charge >= 0.3 is 0 Å². The van der Waals surface area contributed by atoms with Crippen molar-refractivity contribution in [2.24, 2.45) is 0 Å². The fourth-order valence-corrected chi connectivity index (χ4v) is 4.51. The summed E-state index contributed by atoms with van der Waals surface area (Å²) in [4.78, 5) is 24.2. The summed E-state index contributed by atoms with van der Waals surface area (Å²) < 4.78 is 6.62. The molecule has 0 atom stereocenters. The first-order valence-electron chi connectivity index (χ1n) is 10.3. The summed E-state index contributed by atoms with van der Waals surface area (Å²) in [6.07, 6.45) is 3.85. The molecule has 5 nitrogen and oxygen atoms in total. The van der Waals surface area contributed by atoms with Crippen molar-refractivity contribution < 1.29 is 9.53 Å². The number of thiazole rings is 1. The first-order valence-corrected chi connectivity index (χ1v) is 11.1. The molecule has 2 aromatic carbocycles. The normalized spacial score (nSPS) is 10.9. The third-order valence-corrected chi connectivity index (χ3v) is 6.14. The minimum Gasteiger partial charge on any atom is -0.494 e. The number of carbonyl (C=O) groups is 1. The van der Waals surface area contributed by atoms with E-state index in [-0.39, 0.29) is 5.91 Å². The minimum absolute atomic E-state index is 0.0138. The highest BCUT2D eigenvalue weighted by molar-refractivity contribution is 7.22. The molecule has 0 N–H and O–H groups in total. The Balaban J connectivity index is 1.68. The van der Waals surface area contributed by atoms with Crippen molar-refractivity contribution in [3.8, 4) is 5.75 Å². The minimum atomic E-state index is 0.0138. The first-order chi connectivity index (χ1) is 15.0. The summed E-state index contributed by atoms with van der Waals surface area (Å²) in [5.41, 5.74) is 5.17. The zero-order chi connectivity index (χ0) is 21.8. The molecule has 0 spiro atoms. The molecule has 0 aliphatic heterocycles. The fourth-order valence-electron chi connectivity index (χ4n) is 3.50. The first kappa shape index (κ1) is 21.0. The number of pyridine rings is 1. The number of rotatable bonds is 7. The Bertz CT molecular complexity index is 1200. The van der Waals surface area contributed by atoms with Crippen molar-refractivity contribution >= 4 is 32.6 Å².